The van der Waals surface area contributed by atoms with Crippen LogP contribution in [0, 0.1) is 28.6 Å². The average molecular weight is 465 g/mol. The van der Waals surface area contributed by atoms with E-state index in [9.17, 15) is 0 Å². The molecule has 0 saturated heterocycles. The Labute approximate surface area is 209 Å². The Balaban J connectivity index is 1.20. The van der Waals surface area contributed by atoms with Gasteiger partial charge >= 0.3 is 0 Å². The van der Waals surface area contributed by atoms with Gasteiger partial charge in [0.2, 0.25) is 0 Å². The lowest BCUT2D eigenvalue weighted by molar-refractivity contribution is 0.00667. The molecule has 0 bridgehead atoms. The number of nitrogens with one attached hydrogen (secondary N) is 2. The van der Waals surface area contributed by atoms with E-state index in [1.165, 1.54) is 37.8 Å². The number of rotatable bonds is 4. The molecule has 3 saturated carbocycles. The van der Waals surface area contributed by atoms with E-state index in [1.54, 1.807) is 5.57 Å². The minimum absolute atomic E-state index is 0.151. The van der Waals surface area contributed by atoms with E-state index in [0.717, 1.165) is 35.3 Å². The standard InChI is InChI=1S/C31H36N4/c1-30-19-17-25(34-32-23-9-5-3-6-10-23)21-22(30)13-14-26-27-15-16-29(31(27,2)20-18-28(26)30)35-33-24-11-7-4-8-12-24/h3-12,17,19,21,26-28,32-33H,13-16,18,20H2,1-2H3/b34-25-,35-29-/t26-,27-,28-,30-,31-/m0/s1. The molecule has 5 atom stereocenters. The summed E-state index contributed by atoms with van der Waals surface area (Å²) < 4.78 is 0. The zero-order valence-electron chi connectivity index (χ0n) is 20.9. The first-order valence-electron chi connectivity index (χ1n) is 13.2. The van der Waals surface area contributed by atoms with E-state index in [1.807, 2.05) is 36.4 Å². The van der Waals surface area contributed by atoms with Crippen LogP contribution >= 0.6 is 0 Å². The molecule has 0 spiro atoms. The van der Waals surface area contributed by atoms with Crippen LogP contribution in [-0.2, 0) is 0 Å². The maximum Gasteiger partial charge on any atom is 0.0830 e. The zero-order chi connectivity index (χ0) is 23.9. The molecule has 4 heteroatoms. The molecule has 180 valence electrons. The molecule has 3 fully saturated rings. The Morgan fingerprint density at radius 2 is 1.46 bits per heavy atom. The number of para-hydroxylation sites is 2. The summed E-state index contributed by atoms with van der Waals surface area (Å²) in [5, 5.41) is 9.64. The van der Waals surface area contributed by atoms with Crippen molar-refractivity contribution in [2.75, 3.05) is 10.9 Å². The maximum atomic E-state index is 4.96. The van der Waals surface area contributed by atoms with Crippen LogP contribution in [0.25, 0.3) is 0 Å². The Bertz CT molecular complexity index is 1200. The summed E-state index contributed by atoms with van der Waals surface area (Å²) in [5.41, 5.74) is 13.0. The Morgan fingerprint density at radius 1 is 0.771 bits per heavy atom. The monoisotopic (exact) mass is 464 g/mol. The van der Waals surface area contributed by atoms with Crippen molar-refractivity contribution in [2.24, 2.45) is 38.8 Å². The lowest BCUT2D eigenvalue weighted by Crippen LogP contribution is -2.49. The fraction of sp³-hybridized carbons (Fsp3) is 0.419. The molecule has 0 amide bonds. The molecule has 2 N–H and O–H groups in total. The van der Waals surface area contributed by atoms with E-state index in [4.69, 9.17) is 5.10 Å². The fourth-order valence-corrected chi connectivity index (χ4v) is 7.54. The molecule has 0 radical (unpaired) electrons. The normalized spacial score (nSPS) is 35.7. The molecule has 6 rings (SSSR count). The van der Waals surface area contributed by atoms with Crippen molar-refractivity contribution in [2.45, 2.75) is 52.4 Å². The highest BCUT2D eigenvalue weighted by atomic mass is 15.3. The van der Waals surface area contributed by atoms with Crippen molar-refractivity contribution in [3.05, 3.63) is 84.5 Å². The number of allylic oxidation sites excluding steroid dienone is 4. The summed E-state index contributed by atoms with van der Waals surface area (Å²) in [5.74, 6) is 2.21. The van der Waals surface area contributed by atoms with Crippen LogP contribution in [0.1, 0.15) is 52.4 Å². The molecule has 2 aromatic rings. The molecule has 4 aliphatic carbocycles. The van der Waals surface area contributed by atoms with E-state index in [2.05, 4.69) is 72.3 Å². The molecule has 4 nitrogen and oxygen atoms in total. The van der Waals surface area contributed by atoms with Gasteiger partial charge in [0.15, 0.2) is 0 Å². The van der Waals surface area contributed by atoms with Gasteiger partial charge in [-0.15, -0.1) is 0 Å². The number of hydrogen-bond acceptors (Lipinski definition) is 4. The first kappa shape index (κ1) is 22.3. The smallest absolute Gasteiger partial charge is 0.0830 e. The maximum absolute atomic E-state index is 4.96. The van der Waals surface area contributed by atoms with Gasteiger partial charge in [0.25, 0.3) is 0 Å². The average Bonchev–Trinajstić information content (AvgIpc) is 3.23. The second-order valence-corrected chi connectivity index (χ2v) is 11.2. The SMILES string of the molecule is C[C@]12C=C/C(=N/Nc3ccccc3)C=C1CC[C@@H]1[C@@H]2CC[C@]2(C)/C(=N\Nc3ccccc3)CC[C@@H]12. The van der Waals surface area contributed by atoms with Gasteiger partial charge in [0.1, 0.15) is 0 Å². The highest BCUT2D eigenvalue weighted by Gasteiger charge is 2.57. The number of nitrogens with zero attached hydrogens (tertiary/aromatic N) is 2. The van der Waals surface area contributed by atoms with Crippen molar-refractivity contribution in [1.82, 2.24) is 0 Å². The largest absolute Gasteiger partial charge is 0.279 e. The summed E-state index contributed by atoms with van der Waals surface area (Å²) in [6, 6.07) is 20.5. The summed E-state index contributed by atoms with van der Waals surface area (Å²) >= 11 is 0. The first-order chi connectivity index (χ1) is 17.1. The molecular formula is C31H36N4. The number of benzene rings is 2. The summed E-state index contributed by atoms with van der Waals surface area (Å²) in [6.45, 7) is 4.98. The zero-order valence-corrected chi connectivity index (χ0v) is 20.9. The van der Waals surface area contributed by atoms with Crippen molar-refractivity contribution in [1.29, 1.82) is 0 Å². The number of anilines is 2. The summed E-state index contributed by atoms with van der Waals surface area (Å²) in [4.78, 5) is 0. The van der Waals surface area contributed by atoms with Gasteiger partial charge < -0.3 is 0 Å². The van der Waals surface area contributed by atoms with Gasteiger partial charge in [-0.05, 0) is 92.7 Å². The molecule has 0 heterocycles. The lowest BCUT2D eigenvalue weighted by atomic mass is 9.48. The second kappa shape index (κ2) is 8.82. The lowest BCUT2D eigenvalue weighted by Gasteiger charge is -2.56. The summed E-state index contributed by atoms with van der Waals surface area (Å²) in [7, 11) is 0. The first-order valence-corrected chi connectivity index (χ1v) is 13.2. The Hall–Kier alpha value is -3.14. The molecule has 0 unspecified atom stereocenters. The van der Waals surface area contributed by atoms with Crippen LogP contribution in [0.5, 0.6) is 0 Å². The minimum atomic E-state index is 0.151. The van der Waals surface area contributed by atoms with Crippen LogP contribution < -0.4 is 10.9 Å². The molecule has 2 aromatic carbocycles. The van der Waals surface area contributed by atoms with E-state index in [-0.39, 0.29) is 10.8 Å². The van der Waals surface area contributed by atoms with E-state index < -0.39 is 0 Å². The summed E-state index contributed by atoms with van der Waals surface area (Å²) in [6.07, 6.45) is 14.4. The van der Waals surface area contributed by atoms with Crippen LogP contribution in [0.4, 0.5) is 11.4 Å². The van der Waals surface area contributed by atoms with Gasteiger partial charge in [0.05, 0.1) is 17.1 Å². The van der Waals surface area contributed by atoms with Gasteiger partial charge in [-0.3, -0.25) is 10.9 Å². The van der Waals surface area contributed by atoms with Gasteiger partial charge in [-0.25, -0.2) is 0 Å². The van der Waals surface area contributed by atoms with Crippen LogP contribution in [0.2, 0.25) is 0 Å². The topological polar surface area (TPSA) is 48.8 Å². The fourth-order valence-electron chi connectivity index (χ4n) is 7.54. The third-order valence-electron chi connectivity index (χ3n) is 9.49. The van der Waals surface area contributed by atoms with E-state index in [0.29, 0.717) is 5.92 Å². The molecule has 35 heavy (non-hydrogen) atoms. The predicted octanol–water partition coefficient (Wildman–Crippen LogP) is 7.66. The quantitative estimate of drug-likeness (QED) is 0.456. The Kier molecular flexibility index (Phi) is 5.63. The third kappa shape index (κ3) is 3.93. The van der Waals surface area contributed by atoms with Crippen molar-refractivity contribution < 1.29 is 0 Å². The minimum Gasteiger partial charge on any atom is -0.279 e. The number of hydrogen-bond donors (Lipinski definition) is 2. The second-order valence-electron chi connectivity index (χ2n) is 11.2. The number of fused-ring (bicyclic) bond motifs is 5. The van der Waals surface area contributed by atoms with Crippen LogP contribution in [0.15, 0.2) is 94.7 Å². The van der Waals surface area contributed by atoms with Gasteiger partial charge in [0, 0.05) is 16.5 Å². The van der Waals surface area contributed by atoms with Crippen molar-refractivity contribution in [3.8, 4) is 0 Å². The van der Waals surface area contributed by atoms with Crippen LogP contribution in [0.3, 0.4) is 0 Å². The Morgan fingerprint density at radius 3 is 2.17 bits per heavy atom. The highest BCUT2D eigenvalue weighted by Crippen LogP contribution is 2.63. The van der Waals surface area contributed by atoms with Crippen molar-refractivity contribution in [3.63, 3.8) is 0 Å². The van der Waals surface area contributed by atoms with E-state index >= 15 is 0 Å². The highest BCUT2D eigenvalue weighted by molar-refractivity contribution is 6.06. The molecular weight excluding hydrogens is 428 g/mol. The molecule has 0 aromatic heterocycles. The van der Waals surface area contributed by atoms with Gasteiger partial charge in [-0.2, -0.15) is 10.2 Å². The molecule has 4 aliphatic rings. The predicted molar refractivity (Wildman–Crippen MR) is 147 cm³/mol. The van der Waals surface area contributed by atoms with Gasteiger partial charge in [-0.1, -0.05) is 61.9 Å². The van der Waals surface area contributed by atoms with Crippen LogP contribution in [-0.4, -0.2) is 11.4 Å². The van der Waals surface area contributed by atoms with Crippen molar-refractivity contribution >= 4 is 22.8 Å². The number of hydrazone groups is 2. The third-order valence-corrected chi connectivity index (χ3v) is 9.49. The molecule has 0 aliphatic heterocycles.